The number of sulfonamides is 3. The Labute approximate surface area is 333 Å². The van der Waals surface area contributed by atoms with Crippen molar-refractivity contribution in [2.24, 2.45) is 0 Å². The molecule has 18 nitrogen and oxygen atoms in total. The molecule has 3 aromatic carbocycles. The van der Waals surface area contributed by atoms with Crippen LogP contribution < -0.4 is 17.2 Å². The summed E-state index contributed by atoms with van der Waals surface area (Å²) in [5.74, 6) is -0.280. The third-order valence-corrected chi connectivity index (χ3v) is 9.61. The van der Waals surface area contributed by atoms with E-state index in [4.69, 9.17) is 17.2 Å². The monoisotopic (exact) mass is 887 g/mol. The van der Waals surface area contributed by atoms with Crippen molar-refractivity contribution in [1.29, 1.82) is 0 Å². The van der Waals surface area contributed by atoms with E-state index in [1.165, 1.54) is 110 Å². The maximum Gasteiger partial charge on any atom is 3.00 e. The Morgan fingerprint density at radius 1 is 0.365 bits per heavy atom. The third-order valence-electron chi connectivity index (χ3n) is 5.80. The second-order valence-electron chi connectivity index (χ2n) is 9.55. The fourth-order valence-electron chi connectivity index (χ4n) is 3.42. The Bertz CT molecular complexity index is 2060. The molecule has 6 aromatic rings. The molecule has 0 fully saturated rings. The van der Waals surface area contributed by atoms with Gasteiger partial charge in [0.05, 0.1) is 14.7 Å². The molecule has 0 aliphatic rings. The molecule has 22 heteroatoms. The Kier molecular flexibility index (Phi) is 15.1. The van der Waals surface area contributed by atoms with Crippen LogP contribution in [0.4, 0.5) is 34.9 Å². The summed E-state index contributed by atoms with van der Waals surface area (Å²) >= 11 is 0. The maximum absolute atomic E-state index is 11.8. The van der Waals surface area contributed by atoms with Crippen molar-refractivity contribution in [2.45, 2.75) is 14.7 Å². The molecular weight excluding hydrogens is 861 g/mol. The van der Waals surface area contributed by atoms with Gasteiger partial charge in [0.25, 0.3) is 0 Å². The minimum atomic E-state index is -3.79. The summed E-state index contributed by atoms with van der Waals surface area (Å²) in [5.41, 5.74) is 17.9. The standard InChI is InChI=1S/3C10H9N4O2S.Ce/c3*11-8-2-4-9(5-3-8)17(15,16)14-10-12-6-1-7-13-10;/h3*1-7H,11H2;/q3*-1;+3. The van der Waals surface area contributed by atoms with Crippen molar-refractivity contribution in [2.75, 3.05) is 17.2 Å². The van der Waals surface area contributed by atoms with Gasteiger partial charge in [-0.25, -0.2) is 25.3 Å². The summed E-state index contributed by atoms with van der Waals surface area (Å²) in [6.45, 7) is 0. The average Bonchev–Trinajstić information content (AvgIpc) is 3.10. The van der Waals surface area contributed by atoms with E-state index < -0.39 is 30.1 Å². The molecule has 6 N–H and O–H groups in total. The fourth-order valence-corrected chi connectivity index (χ4v) is 6.10. The summed E-state index contributed by atoms with van der Waals surface area (Å²) in [5, 5.41) is 0. The fraction of sp³-hybridized carbons (Fsp3) is 0. The molecule has 0 aliphatic carbocycles. The minimum Gasteiger partial charge on any atom is -0.399 e. The van der Waals surface area contributed by atoms with E-state index in [1.807, 2.05) is 0 Å². The van der Waals surface area contributed by atoms with Crippen molar-refractivity contribution in [3.8, 4) is 0 Å². The second kappa shape index (κ2) is 19.0. The quantitative estimate of drug-likeness (QED) is 0.170. The van der Waals surface area contributed by atoms with Crippen LogP contribution in [0.2, 0.25) is 0 Å². The van der Waals surface area contributed by atoms with Gasteiger partial charge in [-0.2, -0.15) is 0 Å². The summed E-state index contributed by atoms with van der Waals surface area (Å²) in [6, 6.07) is 22.0. The number of nitrogens with two attached hydrogens (primary N) is 3. The molecule has 3 aromatic heterocycles. The van der Waals surface area contributed by atoms with Crippen LogP contribution in [0.1, 0.15) is 0 Å². The van der Waals surface area contributed by atoms with Gasteiger partial charge in [0.2, 0.25) is 30.1 Å². The zero-order valence-electron chi connectivity index (χ0n) is 26.6. The van der Waals surface area contributed by atoms with Crippen LogP contribution in [0.25, 0.3) is 14.2 Å². The van der Waals surface area contributed by atoms with Gasteiger partial charge >= 0.3 is 41.7 Å². The molecule has 0 saturated carbocycles. The number of anilines is 3. The van der Waals surface area contributed by atoms with Crippen LogP contribution in [0.3, 0.4) is 0 Å². The first-order valence-electron chi connectivity index (χ1n) is 14.1. The number of aromatic nitrogens is 6. The molecule has 0 amide bonds. The van der Waals surface area contributed by atoms with Crippen molar-refractivity contribution in [3.05, 3.63) is 142 Å². The van der Waals surface area contributed by atoms with Crippen LogP contribution in [-0.2, 0) is 30.1 Å². The number of nitrogens with zero attached hydrogens (tertiary/aromatic N) is 9. The molecule has 0 bridgehead atoms. The second-order valence-corrected chi connectivity index (χ2v) is 14.4. The van der Waals surface area contributed by atoms with Crippen LogP contribution in [0.15, 0.2) is 143 Å². The first-order valence-corrected chi connectivity index (χ1v) is 18.4. The van der Waals surface area contributed by atoms with E-state index in [0.29, 0.717) is 17.1 Å². The van der Waals surface area contributed by atoms with Gasteiger partial charge in [0, 0.05) is 34.9 Å². The topological polar surface area (TPSA) is 300 Å². The molecule has 0 saturated heterocycles. The molecule has 1 radical (unpaired) electrons. The maximum atomic E-state index is 11.8. The van der Waals surface area contributed by atoms with E-state index in [2.05, 4.69) is 44.1 Å². The van der Waals surface area contributed by atoms with Crippen molar-refractivity contribution < 1.29 is 67.0 Å². The molecular formula is C30H27CeN12O6S3. The molecule has 52 heavy (non-hydrogen) atoms. The molecule has 6 rings (SSSR count). The van der Waals surface area contributed by atoms with Crippen molar-refractivity contribution >= 4 is 65.0 Å². The Morgan fingerprint density at radius 2 is 0.558 bits per heavy atom. The van der Waals surface area contributed by atoms with Crippen LogP contribution >= 0.6 is 0 Å². The smallest absolute Gasteiger partial charge is 0.399 e. The summed E-state index contributed by atoms with van der Waals surface area (Å²) in [6.07, 6.45) is 8.53. The molecule has 265 valence electrons. The van der Waals surface area contributed by atoms with E-state index in [1.54, 1.807) is 18.2 Å². The van der Waals surface area contributed by atoms with Gasteiger partial charge in [-0.15, -0.1) is 0 Å². The van der Waals surface area contributed by atoms with E-state index in [-0.39, 0.29) is 74.3 Å². The van der Waals surface area contributed by atoms with Gasteiger partial charge in [0.15, 0.2) is 0 Å². The summed E-state index contributed by atoms with van der Waals surface area (Å²) < 4.78 is 81.5. The predicted molar refractivity (Wildman–Crippen MR) is 189 cm³/mol. The van der Waals surface area contributed by atoms with Gasteiger partial charge in [-0.3, -0.25) is 14.2 Å². The number of hydrogen-bond acceptors (Lipinski definition) is 15. The predicted octanol–water partition coefficient (Wildman–Crippen LogP) is 4.36. The van der Waals surface area contributed by atoms with Gasteiger partial charge in [-0.05, 0) is 110 Å². The first-order chi connectivity index (χ1) is 24.2. The van der Waals surface area contributed by atoms with E-state index in [9.17, 15) is 25.3 Å². The number of rotatable bonds is 9. The number of nitrogen functional groups attached to an aromatic ring is 3. The Hall–Kier alpha value is -5.07. The average molecular weight is 888 g/mol. The van der Waals surface area contributed by atoms with E-state index in [0.717, 1.165) is 0 Å². The minimum absolute atomic E-state index is 0. The largest absolute Gasteiger partial charge is 3.00 e. The summed E-state index contributed by atoms with van der Waals surface area (Å²) in [7, 11) is -11.4. The molecule has 0 spiro atoms. The van der Waals surface area contributed by atoms with Gasteiger partial charge < -0.3 is 47.1 Å². The number of benzene rings is 3. The Morgan fingerprint density at radius 3 is 0.750 bits per heavy atom. The Balaban J connectivity index is 0.000000208. The third kappa shape index (κ3) is 12.9. The van der Waals surface area contributed by atoms with Crippen LogP contribution in [0.5, 0.6) is 0 Å². The SMILES string of the molecule is Nc1ccc(S(=O)(=O)[N-]c2ncccn2)cc1.Nc1ccc(S(=O)(=O)[N-]c2ncccn2)cc1.Nc1ccc(S(=O)(=O)[N-]c2ncccn2)cc1.[Ce+3]. The van der Waals surface area contributed by atoms with Crippen molar-refractivity contribution in [3.63, 3.8) is 0 Å². The molecule has 0 unspecified atom stereocenters. The number of hydrogen-bond donors (Lipinski definition) is 3. The van der Waals surface area contributed by atoms with Crippen LogP contribution in [-0.4, -0.2) is 55.2 Å². The molecule has 0 aliphatic heterocycles. The van der Waals surface area contributed by atoms with Gasteiger partial charge in [-0.1, -0.05) is 18.2 Å². The normalized spacial score (nSPS) is 10.8. The zero-order chi connectivity index (χ0) is 36.9. The van der Waals surface area contributed by atoms with E-state index >= 15 is 0 Å². The molecule has 0 atom stereocenters. The first kappa shape index (κ1) is 41.3. The summed E-state index contributed by atoms with van der Waals surface area (Å²) in [4.78, 5) is 22.5. The van der Waals surface area contributed by atoms with Crippen molar-refractivity contribution in [1.82, 2.24) is 29.9 Å². The molecule has 3 heterocycles. The zero-order valence-corrected chi connectivity index (χ0v) is 32.1. The van der Waals surface area contributed by atoms with Gasteiger partial charge in [0.1, 0.15) is 0 Å². The van der Waals surface area contributed by atoms with Crippen LogP contribution in [0, 0.1) is 41.7 Å².